The lowest BCUT2D eigenvalue weighted by molar-refractivity contribution is 0.1000. The average Bonchev–Trinajstić information content (AvgIpc) is 2.74. The van der Waals surface area contributed by atoms with Gasteiger partial charge < -0.3 is 10.3 Å². The predicted octanol–water partition coefficient (Wildman–Crippen LogP) is 0.608. The molecule has 0 aliphatic heterocycles. The van der Waals surface area contributed by atoms with Crippen molar-refractivity contribution in [3.8, 4) is 10.6 Å². The van der Waals surface area contributed by atoms with E-state index in [9.17, 15) is 9.59 Å². The van der Waals surface area contributed by atoms with Gasteiger partial charge >= 0.3 is 5.69 Å². The number of aryl methyl sites for hydroxylation is 1. The summed E-state index contributed by atoms with van der Waals surface area (Å²) >= 11 is 1.40. The molecule has 82 valence electrons. The maximum Gasteiger partial charge on any atom is 0.347 e. The van der Waals surface area contributed by atoms with Crippen molar-refractivity contribution in [1.29, 1.82) is 0 Å². The minimum Gasteiger partial charge on any atom is -0.365 e. The number of aromatic nitrogens is 2. The van der Waals surface area contributed by atoms with Crippen LogP contribution in [0.4, 0.5) is 0 Å². The molecule has 0 aliphatic carbocycles. The monoisotopic (exact) mass is 235 g/mol. The number of nitrogens with two attached hydrogens (primary N) is 1. The highest BCUT2D eigenvalue weighted by Crippen LogP contribution is 2.24. The number of carbonyl (C=O) groups is 1. The average molecular weight is 235 g/mol. The van der Waals surface area contributed by atoms with E-state index >= 15 is 0 Å². The third kappa shape index (κ3) is 1.74. The fourth-order valence-corrected chi connectivity index (χ4v) is 2.05. The first-order chi connectivity index (χ1) is 7.59. The van der Waals surface area contributed by atoms with Crippen LogP contribution in [0.25, 0.3) is 10.6 Å². The summed E-state index contributed by atoms with van der Waals surface area (Å²) in [4.78, 5) is 27.3. The molecule has 2 heterocycles. The maximum absolute atomic E-state index is 11.4. The van der Waals surface area contributed by atoms with Crippen molar-refractivity contribution in [3.63, 3.8) is 0 Å². The molecule has 16 heavy (non-hydrogen) atoms. The van der Waals surface area contributed by atoms with Crippen molar-refractivity contribution in [2.24, 2.45) is 12.8 Å². The molecule has 2 aromatic rings. The molecule has 2 aromatic heterocycles. The molecule has 0 spiro atoms. The van der Waals surface area contributed by atoms with E-state index in [4.69, 9.17) is 5.73 Å². The molecule has 5 nitrogen and oxygen atoms in total. The quantitative estimate of drug-likeness (QED) is 0.828. The Hall–Kier alpha value is -1.95. The number of hydrogen-bond donors (Lipinski definition) is 1. The summed E-state index contributed by atoms with van der Waals surface area (Å²) < 4.78 is 1.23. The molecule has 0 radical (unpaired) electrons. The first-order valence-corrected chi connectivity index (χ1v) is 5.39. The van der Waals surface area contributed by atoms with E-state index in [0.717, 1.165) is 4.88 Å². The van der Waals surface area contributed by atoms with Crippen molar-refractivity contribution in [3.05, 3.63) is 39.8 Å². The van der Waals surface area contributed by atoms with Gasteiger partial charge in [-0.3, -0.25) is 4.79 Å². The number of hydrogen-bond acceptors (Lipinski definition) is 4. The Labute approximate surface area is 95.2 Å². The summed E-state index contributed by atoms with van der Waals surface area (Å²) in [6.07, 6.45) is 1.41. The Morgan fingerprint density at radius 3 is 2.88 bits per heavy atom. The largest absolute Gasteiger partial charge is 0.365 e. The van der Waals surface area contributed by atoms with E-state index in [1.165, 1.54) is 29.1 Å². The first kappa shape index (κ1) is 10.6. The number of nitrogens with zero attached hydrogens (tertiary/aromatic N) is 2. The van der Waals surface area contributed by atoms with Gasteiger partial charge in [-0.2, -0.15) is 4.98 Å². The van der Waals surface area contributed by atoms with E-state index < -0.39 is 11.6 Å². The normalized spacial score (nSPS) is 10.3. The molecule has 0 bridgehead atoms. The maximum atomic E-state index is 11.4. The first-order valence-electron chi connectivity index (χ1n) is 4.51. The molecule has 0 aliphatic rings. The van der Waals surface area contributed by atoms with E-state index in [0.29, 0.717) is 5.69 Å². The molecule has 0 atom stereocenters. The summed E-state index contributed by atoms with van der Waals surface area (Å²) in [5.74, 6) is -0.591. The SMILES string of the molecule is Cn1cc(C(N)=O)c(-c2cccs2)nc1=O. The third-order valence-electron chi connectivity index (χ3n) is 2.11. The summed E-state index contributed by atoms with van der Waals surface area (Å²) in [5, 5.41) is 1.85. The van der Waals surface area contributed by atoms with Crippen LogP contribution in [0.15, 0.2) is 28.5 Å². The van der Waals surface area contributed by atoms with Crippen LogP contribution in [0.2, 0.25) is 0 Å². The van der Waals surface area contributed by atoms with E-state index in [2.05, 4.69) is 4.98 Å². The van der Waals surface area contributed by atoms with Crippen LogP contribution in [-0.2, 0) is 7.05 Å². The number of primary amides is 1. The van der Waals surface area contributed by atoms with Gasteiger partial charge in [-0.05, 0) is 11.4 Å². The lowest BCUT2D eigenvalue weighted by atomic mass is 10.2. The zero-order valence-corrected chi connectivity index (χ0v) is 9.32. The minimum absolute atomic E-state index is 0.254. The Bertz CT molecular complexity index is 587. The van der Waals surface area contributed by atoms with Crippen LogP contribution in [0, 0.1) is 0 Å². The Balaban J connectivity index is 2.73. The van der Waals surface area contributed by atoms with E-state index in [1.54, 1.807) is 6.07 Å². The molecule has 0 saturated heterocycles. The molecule has 0 fully saturated rings. The highest BCUT2D eigenvalue weighted by molar-refractivity contribution is 7.13. The van der Waals surface area contributed by atoms with Crippen LogP contribution in [0.5, 0.6) is 0 Å². The Kier molecular flexibility index (Phi) is 2.57. The van der Waals surface area contributed by atoms with E-state index in [-0.39, 0.29) is 5.56 Å². The molecule has 2 rings (SSSR count). The Morgan fingerprint density at radius 2 is 2.31 bits per heavy atom. The van der Waals surface area contributed by atoms with Crippen molar-refractivity contribution >= 4 is 17.2 Å². The zero-order chi connectivity index (χ0) is 11.7. The van der Waals surface area contributed by atoms with Crippen molar-refractivity contribution < 1.29 is 4.79 Å². The van der Waals surface area contributed by atoms with Gasteiger partial charge in [-0.1, -0.05) is 6.07 Å². The topological polar surface area (TPSA) is 78.0 Å². The third-order valence-corrected chi connectivity index (χ3v) is 2.98. The molecule has 0 unspecified atom stereocenters. The molecule has 0 saturated carbocycles. The standard InChI is InChI=1S/C10H9N3O2S/c1-13-5-6(9(11)14)8(12-10(13)15)7-3-2-4-16-7/h2-5H,1H3,(H2,11,14). The molecule has 6 heteroatoms. The predicted molar refractivity (Wildman–Crippen MR) is 61.3 cm³/mol. The summed E-state index contributed by atoms with van der Waals surface area (Å²) in [7, 11) is 1.53. The lowest BCUT2D eigenvalue weighted by Crippen LogP contribution is -2.24. The van der Waals surface area contributed by atoms with Crippen molar-refractivity contribution in [2.45, 2.75) is 0 Å². The summed E-state index contributed by atoms with van der Waals surface area (Å²) in [5.41, 5.74) is 5.45. The smallest absolute Gasteiger partial charge is 0.347 e. The highest BCUT2D eigenvalue weighted by atomic mass is 32.1. The number of thiophene rings is 1. The number of amides is 1. The van der Waals surface area contributed by atoms with Crippen molar-refractivity contribution in [1.82, 2.24) is 9.55 Å². The molecular weight excluding hydrogens is 226 g/mol. The second kappa shape index (κ2) is 3.90. The summed E-state index contributed by atoms with van der Waals surface area (Å²) in [6.45, 7) is 0. The second-order valence-corrected chi connectivity index (χ2v) is 4.19. The molecule has 2 N–H and O–H groups in total. The minimum atomic E-state index is -0.591. The lowest BCUT2D eigenvalue weighted by Gasteiger charge is -2.04. The van der Waals surface area contributed by atoms with Gasteiger partial charge in [-0.15, -0.1) is 11.3 Å². The van der Waals surface area contributed by atoms with Gasteiger partial charge in [0.15, 0.2) is 0 Å². The van der Waals surface area contributed by atoms with Gasteiger partial charge in [-0.25, -0.2) is 4.79 Å². The van der Waals surface area contributed by atoms with Crippen LogP contribution in [0.3, 0.4) is 0 Å². The van der Waals surface area contributed by atoms with Gasteiger partial charge in [0.05, 0.1) is 10.4 Å². The molecule has 0 aromatic carbocycles. The zero-order valence-electron chi connectivity index (χ0n) is 8.51. The van der Waals surface area contributed by atoms with Gasteiger partial charge in [0, 0.05) is 13.2 Å². The second-order valence-electron chi connectivity index (χ2n) is 3.24. The fraction of sp³-hybridized carbons (Fsp3) is 0.100. The van der Waals surface area contributed by atoms with E-state index in [1.807, 2.05) is 11.4 Å². The Morgan fingerprint density at radius 1 is 1.56 bits per heavy atom. The van der Waals surface area contributed by atoms with Crippen LogP contribution in [-0.4, -0.2) is 15.5 Å². The van der Waals surface area contributed by atoms with Gasteiger partial charge in [0.25, 0.3) is 5.91 Å². The van der Waals surface area contributed by atoms with Gasteiger partial charge in [0.1, 0.15) is 5.69 Å². The molecule has 1 amide bonds. The van der Waals surface area contributed by atoms with Crippen LogP contribution in [0.1, 0.15) is 10.4 Å². The summed E-state index contributed by atoms with van der Waals surface area (Å²) in [6, 6.07) is 3.61. The number of rotatable bonds is 2. The van der Waals surface area contributed by atoms with Crippen LogP contribution >= 0.6 is 11.3 Å². The van der Waals surface area contributed by atoms with Crippen LogP contribution < -0.4 is 11.4 Å². The highest BCUT2D eigenvalue weighted by Gasteiger charge is 2.14. The van der Waals surface area contributed by atoms with Gasteiger partial charge in [0.2, 0.25) is 0 Å². The number of carbonyl (C=O) groups excluding carboxylic acids is 1. The fourth-order valence-electron chi connectivity index (χ4n) is 1.33. The molecular formula is C10H9N3O2S. The van der Waals surface area contributed by atoms with Crippen molar-refractivity contribution in [2.75, 3.05) is 0 Å².